The van der Waals surface area contributed by atoms with Crippen molar-refractivity contribution in [3.05, 3.63) is 48.3 Å². The number of fused-ring (bicyclic) bond motifs is 1. The van der Waals surface area contributed by atoms with Gasteiger partial charge in [0.15, 0.2) is 0 Å². The molecule has 8 heteroatoms. The third-order valence-corrected chi connectivity index (χ3v) is 5.16. The predicted octanol–water partition coefficient (Wildman–Crippen LogP) is 0.926. The number of piperidine rings is 1. The predicted molar refractivity (Wildman–Crippen MR) is 102 cm³/mol. The number of nitrogens with zero attached hydrogens (tertiary/aromatic N) is 2. The first-order valence-electron chi connectivity index (χ1n) is 8.84. The molecule has 4 unspecified atom stereocenters. The summed E-state index contributed by atoms with van der Waals surface area (Å²) in [5.41, 5.74) is 8.49. The molecule has 2 aromatic rings. The second-order valence-corrected chi connectivity index (χ2v) is 6.81. The van der Waals surface area contributed by atoms with Gasteiger partial charge in [0, 0.05) is 30.9 Å². The molecule has 0 bridgehead atoms. The van der Waals surface area contributed by atoms with Crippen LogP contribution in [0.2, 0.25) is 0 Å². The molecule has 2 saturated heterocycles. The molecule has 4 atom stereocenters. The van der Waals surface area contributed by atoms with Crippen LogP contribution in [0.25, 0.3) is 5.69 Å². The van der Waals surface area contributed by atoms with Gasteiger partial charge >= 0.3 is 0 Å². The first-order valence-corrected chi connectivity index (χ1v) is 8.84. The van der Waals surface area contributed by atoms with Crippen molar-refractivity contribution in [2.45, 2.75) is 31.5 Å². The zero-order chi connectivity index (χ0) is 17.2. The molecule has 2 aliphatic rings. The zero-order valence-corrected chi connectivity index (χ0v) is 15.5. The second-order valence-electron chi connectivity index (χ2n) is 6.81. The Balaban J connectivity index is 0.00000196. The van der Waals surface area contributed by atoms with Gasteiger partial charge in [-0.25, -0.2) is 10.1 Å². The number of hydrogen-bond acceptors (Lipinski definition) is 5. The van der Waals surface area contributed by atoms with Crippen LogP contribution in [0.3, 0.4) is 0 Å². The summed E-state index contributed by atoms with van der Waals surface area (Å²) in [6.45, 7) is 3.88. The number of nitrogens with one attached hydrogen (secondary N) is 4. The molecule has 0 radical (unpaired) electrons. The fraction of sp³-hybridized carbons (Fsp3) is 0.444. The van der Waals surface area contributed by atoms with Crippen LogP contribution in [0.4, 0.5) is 0 Å². The van der Waals surface area contributed by atoms with E-state index in [0.717, 1.165) is 30.8 Å². The molecule has 7 nitrogen and oxygen atoms in total. The van der Waals surface area contributed by atoms with Crippen molar-refractivity contribution < 1.29 is 4.79 Å². The van der Waals surface area contributed by atoms with E-state index in [1.54, 1.807) is 6.20 Å². The summed E-state index contributed by atoms with van der Waals surface area (Å²) in [7, 11) is 0. The quantitative estimate of drug-likeness (QED) is 0.638. The maximum absolute atomic E-state index is 12.7. The lowest BCUT2D eigenvalue weighted by atomic mass is 9.89. The van der Waals surface area contributed by atoms with Gasteiger partial charge in [-0.1, -0.05) is 12.1 Å². The van der Waals surface area contributed by atoms with Crippen LogP contribution >= 0.6 is 12.4 Å². The lowest BCUT2D eigenvalue weighted by Gasteiger charge is -2.28. The average molecular weight is 377 g/mol. The molecule has 2 fully saturated rings. The number of aromatic nitrogens is 2. The number of hydrazine groups is 1. The van der Waals surface area contributed by atoms with E-state index in [2.05, 4.69) is 32.7 Å². The van der Waals surface area contributed by atoms with Crippen molar-refractivity contribution in [2.24, 2.45) is 5.92 Å². The van der Waals surface area contributed by atoms with Gasteiger partial charge in [0.1, 0.15) is 6.04 Å². The number of carbonyl (C=O) groups is 1. The van der Waals surface area contributed by atoms with E-state index in [9.17, 15) is 4.79 Å². The van der Waals surface area contributed by atoms with Crippen LogP contribution in [-0.2, 0) is 4.79 Å². The van der Waals surface area contributed by atoms with Gasteiger partial charge < -0.3 is 10.6 Å². The number of rotatable bonds is 4. The summed E-state index contributed by atoms with van der Waals surface area (Å²) in [5, 5.41) is 10.8. The summed E-state index contributed by atoms with van der Waals surface area (Å²) in [4.78, 5) is 12.7. The van der Waals surface area contributed by atoms with E-state index < -0.39 is 0 Å². The van der Waals surface area contributed by atoms with Crippen LogP contribution in [0, 0.1) is 5.92 Å². The van der Waals surface area contributed by atoms with E-state index in [-0.39, 0.29) is 36.3 Å². The van der Waals surface area contributed by atoms with Gasteiger partial charge in [-0.2, -0.15) is 5.10 Å². The highest BCUT2D eigenvalue weighted by Gasteiger charge is 2.41. The van der Waals surface area contributed by atoms with Crippen LogP contribution in [0.5, 0.6) is 0 Å². The van der Waals surface area contributed by atoms with Gasteiger partial charge in [-0.3, -0.25) is 10.2 Å². The zero-order valence-electron chi connectivity index (χ0n) is 14.7. The Labute approximate surface area is 159 Å². The Bertz CT molecular complexity index is 737. The monoisotopic (exact) mass is 376 g/mol. The molecular weight excluding hydrogens is 352 g/mol. The molecular formula is C18H25ClN6O. The fourth-order valence-corrected chi connectivity index (χ4v) is 3.72. The molecule has 0 saturated carbocycles. The Morgan fingerprint density at radius 2 is 2.23 bits per heavy atom. The Hall–Kier alpha value is -1.93. The number of amides is 1. The summed E-state index contributed by atoms with van der Waals surface area (Å²) in [6.07, 6.45) is 4.71. The SMILES string of the molecule is CC(NC(=O)C1NNC2CCNCC21)c1cccc(-n2cccn2)c1.Cl. The molecule has 2 aliphatic heterocycles. The molecule has 4 rings (SSSR count). The largest absolute Gasteiger partial charge is 0.348 e. The molecule has 3 heterocycles. The van der Waals surface area contributed by atoms with E-state index in [1.807, 2.05) is 42.1 Å². The highest BCUT2D eigenvalue weighted by molar-refractivity contribution is 5.85. The number of hydrogen-bond donors (Lipinski definition) is 4. The van der Waals surface area contributed by atoms with E-state index in [0.29, 0.717) is 6.04 Å². The lowest BCUT2D eigenvalue weighted by molar-refractivity contribution is -0.124. The minimum Gasteiger partial charge on any atom is -0.348 e. The molecule has 4 N–H and O–H groups in total. The number of halogens is 1. The molecule has 140 valence electrons. The van der Waals surface area contributed by atoms with Gasteiger partial charge in [0.05, 0.1) is 11.7 Å². The standard InChI is InChI=1S/C18H24N6O.ClH/c1-12(13-4-2-5-14(10-13)24-9-3-7-20-24)21-18(25)17-15-11-19-8-6-16(15)22-23-17;/h2-5,7,9-10,12,15-17,19,22-23H,6,8,11H2,1H3,(H,21,25);1H. The summed E-state index contributed by atoms with van der Waals surface area (Å²) in [5.74, 6) is 0.331. The Morgan fingerprint density at radius 1 is 1.35 bits per heavy atom. The highest BCUT2D eigenvalue weighted by Crippen LogP contribution is 2.22. The second kappa shape index (κ2) is 8.18. The number of benzene rings is 1. The van der Waals surface area contributed by atoms with Gasteiger partial charge in [0.2, 0.25) is 5.91 Å². The van der Waals surface area contributed by atoms with Crippen molar-refractivity contribution in [1.82, 2.24) is 31.3 Å². The third kappa shape index (κ3) is 3.76. The number of carbonyl (C=O) groups excluding carboxylic acids is 1. The van der Waals surface area contributed by atoms with Crippen LogP contribution < -0.4 is 21.5 Å². The smallest absolute Gasteiger partial charge is 0.239 e. The maximum atomic E-state index is 12.7. The summed E-state index contributed by atoms with van der Waals surface area (Å²) < 4.78 is 1.82. The van der Waals surface area contributed by atoms with E-state index >= 15 is 0 Å². The fourth-order valence-electron chi connectivity index (χ4n) is 3.72. The van der Waals surface area contributed by atoms with Crippen molar-refractivity contribution in [2.75, 3.05) is 13.1 Å². The molecule has 1 aromatic heterocycles. The van der Waals surface area contributed by atoms with Crippen LogP contribution in [0.1, 0.15) is 24.9 Å². The topological polar surface area (TPSA) is 83.0 Å². The maximum Gasteiger partial charge on any atom is 0.239 e. The lowest BCUT2D eigenvalue weighted by Crippen LogP contribution is -2.49. The molecule has 26 heavy (non-hydrogen) atoms. The third-order valence-electron chi connectivity index (χ3n) is 5.16. The van der Waals surface area contributed by atoms with E-state index in [4.69, 9.17) is 0 Å². The van der Waals surface area contributed by atoms with Crippen LogP contribution in [-0.4, -0.2) is 40.9 Å². The van der Waals surface area contributed by atoms with Gasteiger partial charge in [-0.15, -0.1) is 12.4 Å². The van der Waals surface area contributed by atoms with Crippen molar-refractivity contribution in [3.63, 3.8) is 0 Å². The van der Waals surface area contributed by atoms with Crippen molar-refractivity contribution in [1.29, 1.82) is 0 Å². The van der Waals surface area contributed by atoms with Crippen molar-refractivity contribution in [3.8, 4) is 5.69 Å². The molecule has 0 spiro atoms. The first-order chi connectivity index (χ1) is 12.2. The Morgan fingerprint density at radius 3 is 3.04 bits per heavy atom. The Kier molecular flexibility index (Phi) is 5.93. The minimum atomic E-state index is -0.199. The molecule has 0 aliphatic carbocycles. The van der Waals surface area contributed by atoms with Gasteiger partial charge in [-0.05, 0) is 43.7 Å². The first kappa shape index (κ1) is 18.8. The summed E-state index contributed by atoms with van der Waals surface area (Å²) in [6, 6.07) is 10.1. The average Bonchev–Trinajstić information content (AvgIpc) is 3.31. The molecule has 1 amide bonds. The van der Waals surface area contributed by atoms with Crippen molar-refractivity contribution >= 4 is 18.3 Å². The molecule has 1 aromatic carbocycles. The van der Waals surface area contributed by atoms with Gasteiger partial charge in [0.25, 0.3) is 0 Å². The normalized spacial score (nSPS) is 25.8. The minimum absolute atomic E-state index is 0. The van der Waals surface area contributed by atoms with Crippen LogP contribution in [0.15, 0.2) is 42.7 Å². The highest BCUT2D eigenvalue weighted by atomic mass is 35.5. The summed E-state index contributed by atoms with van der Waals surface area (Å²) >= 11 is 0. The van der Waals surface area contributed by atoms with E-state index in [1.165, 1.54) is 0 Å².